The highest BCUT2D eigenvalue weighted by Crippen LogP contribution is 2.39. The van der Waals surface area contributed by atoms with E-state index in [1.165, 1.54) is 12.8 Å². The van der Waals surface area contributed by atoms with Gasteiger partial charge in [0.1, 0.15) is 11.9 Å². The van der Waals surface area contributed by atoms with E-state index < -0.39 is 12.0 Å². The summed E-state index contributed by atoms with van der Waals surface area (Å²) in [7, 11) is 0. The van der Waals surface area contributed by atoms with Gasteiger partial charge in [0.25, 0.3) is 0 Å². The number of amides is 1. The number of rotatable bonds is 6. The topological polar surface area (TPSA) is 84.2 Å². The molecule has 7 heteroatoms. The lowest BCUT2D eigenvalue weighted by Crippen LogP contribution is -2.43. The molecule has 1 heterocycles. The summed E-state index contributed by atoms with van der Waals surface area (Å²) in [4.78, 5) is 30.7. The second-order valence-corrected chi connectivity index (χ2v) is 10.4. The highest BCUT2D eigenvalue weighted by atomic mass is 35.5. The molecule has 0 radical (unpaired) electrons. The van der Waals surface area contributed by atoms with Crippen LogP contribution in [0.2, 0.25) is 5.02 Å². The summed E-state index contributed by atoms with van der Waals surface area (Å²) >= 11 is 6.16. The van der Waals surface area contributed by atoms with Gasteiger partial charge in [-0.3, -0.25) is 4.79 Å². The van der Waals surface area contributed by atoms with Crippen molar-refractivity contribution in [3.05, 3.63) is 53.1 Å². The van der Waals surface area contributed by atoms with Crippen LogP contribution in [-0.2, 0) is 4.79 Å². The van der Waals surface area contributed by atoms with E-state index in [2.05, 4.69) is 5.32 Å². The Balaban J connectivity index is 1.66. The van der Waals surface area contributed by atoms with Crippen molar-refractivity contribution >= 4 is 34.5 Å². The maximum Gasteiger partial charge on any atom is 0.335 e. The number of aromatic nitrogens is 2. The number of nitrogens with one attached hydrogen (secondary N) is 1. The van der Waals surface area contributed by atoms with Gasteiger partial charge >= 0.3 is 5.97 Å². The molecule has 1 aromatic heterocycles. The van der Waals surface area contributed by atoms with E-state index in [1.807, 2.05) is 28.8 Å². The van der Waals surface area contributed by atoms with Gasteiger partial charge in [0.05, 0.1) is 16.6 Å². The van der Waals surface area contributed by atoms with Crippen LogP contribution in [-0.4, -0.2) is 32.6 Å². The maximum absolute atomic E-state index is 14.0. The van der Waals surface area contributed by atoms with Gasteiger partial charge in [0, 0.05) is 16.6 Å². The van der Waals surface area contributed by atoms with Crippen molar-refractivity contribution in [1.82, 2.24) is 14.9 Å². The molecule has 2 fully saturated rings. The minimum absolute atomic E-state index is 0.0269. The summed E-state index contributed by atoms with van der Waals surface area (Å²) in [5.74, 6) is -0.120. The molecule has 0 aliphatic heterocycles. The molecule has 6 nitrogen and oxygen atoms in total. The zero-order valence-corrected chi connectivity index (χ0v) is 20.6. The third-order valence-electron chi connectivity index (χ3n) is 7.63. The highest BCUT2D eigenvalue weighted by Gasteiger charge is 2.35. The summed E-state index contributed by atoms with van der Waals surface area (Å²) in [6, 6.07) is 12.2. The molecule has 0 saturated heterocycles. The number of hydrogen-bond acceptors (Lipinski definition) is 3. The highest BCUT2D eigenvalue weighted by molar-refractivity contribution is 6.30. The molecular formula is C28H32ClN3O3. The molecule has 3 aromatic rings. The maximum atomic E-state index is 14.0. The Morgan fingerprint density at radius 1 is 0.943 bits per heavy atom. The van der Waals surface area contributed by atoms with Crippen LogP contribution in [0.25, 0.3) is 22.4 Å². The molecule has 5 rings (SSSR count). The number of imidazole rings is 1. The van der Waals surface area contributed by atoms with Crippen molar-refractivity contribution in [3.8, 4) is 11.4 Å². The van der Waals surface area contributed by atoms with Gasteiger partial charge in [-0.1, -0.05) is 50.1 Å². The predicted octanol–water partition coefficient (Wildman–Crippen LogP) is 6.63. The van der Waals surface area contributed by atoms with E-state index in [4.69, 9.17) is 16.6 Å². The lowest BCUT2D eigenvalue weighted by molar-refractivity contribution is -0.127. The molecule has 1 atom stereocenters. The fourth-order valence-electron chi connectivity index (χ4n) is 5.84. The zero-order valence-electron chi connectivity index (χ0n) is 19.9. The second kappa shape index (κ2) is 10.4. The molecule has 35 heavy (non-hydrogen) atoms. The lowest BCUT2D eigenvalue weighted by Gasteiger charge is -2.33. The molecule has 0 bridgehead atoms. The number of carbonyl (C=O) groups excluding carboxylic acids is 1. The molecule has 0 unspecified atom stereocenters. The van der Waals surface area contributed by atoms with Gasteiger partial charge < -0.3 is 15.0 Å². The third kappa shape index (κ3) is 5.08. The average molecular weight is 494 g/mol. The van der Waals surface area contributed by atoms with E-state index in [0.717, 1.165) is 56.9 Å². The van der Waals surface area contributed by atoms with Gasteiger partial charge in [-0.15, -0.1) is 0 Å². The summed E-state index contributed by atoms with van der Waals surface area (Å²) in [6.45, 7) is 0. The first-order valence-corrected chi connectivity index (χ1v) is 13.2. The van der Waals surface area contributed by atoms with E-state index >= 15 is 0 Å². The summed E-state index contributed by atoms with van der Waals surface area (Å²) in [5, 5.41) is 13.7. The lowest BCUT2D eigenvalue weighted by atomic mass is 9.82. The second-order valence-electron chi connectivity index (χ2n) is 10.0. The first kappa shape index (κ1) is 23.9. The summed E-state index contributed by atoms with van der Waals surface area (Å²) in [5.41, 5.74) is 2.42. The summed E-state index contributed by atoms with van der Waals surface area (Å²) in [6.07, 6.45) is 10.9. The number of aromatic carboxylic acids is 1. The molecule has 2 aliphatic rings. The molecular weight excluding hydrogens is 462 g/mol. The minimum atomic E-state index is -0.992. The Hall–Kier alpha value is -2.86. The van der Waals surface area contributed by atoms with Crippen LogP contribution < -0.4 is 5.32 Å². The smallest absolute Gasteiger partial charge is 0.335 e. The zero-order chi connectivity index (χ0) is 24.4. The number of carboxylic acids is 1. The molecule has 2 saturated carbocycles. The number of halogens is 1. The van der Waals surface area contributed by atoms with E-state index in [-0.39, 0.29) is 23.4 Å². The number of benzene rings is 2. The molecule has 2 N–H and O–H groups in total. The molecule has 184 valence electrons. The first-order valence-electron chi connectivity index (χ1n) is 12.8. The van der Waals surface area contributed by atoms with Crippen molar-refractivity contribution in [3.63, 3.8) is 0 Å². The van der Waals surface area contributed by atoms with Crippen molar-refractivity contribution in [2.45, 2.75) is 76.3 Å². The predicted molar refractivity (Wildman–Crippen MR) is 138 cm³/mol. The Kier molecular flexibility index (Phi) is 7.09. The van der Waals surface area contributed by atoms with Crippen LogP contribution in [0, 0.1) is 5.92 Å². The number of carbonyl (C=O) groups is 2. The van der Waals surface area contributed by atoms with Gasteiger partial charge in [0.2, 0.25) is 5.91 Å². The Morgan fingerprint density at radius 3 is 2.26 bits per heavy atom. The van der Waals surface area contributed by atoms with E-state index in [1.54, 1.807) is 18.2 Å². The van der Waals surface area contributed by atoms with Gasteiger partial charge in [-0.25, -0.2) is 9.78 Å². The van der Waals surface area contributed by atoms with E-state index in [9.17, 15) is 14.7 Å². The van der Waals surface area contributed by atoms with Crippen molar-refractivity contribution < 1.29 is 14.7 Å². The Morgan fingerprint density at radius 2 is 1.60 bits per heavy atom. The Labute approximate surface area is 210 Å². The molecule has 2 aliphatic carbocycles. The first-order chi connectivity index (χ1) is 17.0. The molecule has 1 amide bonds. The SMILES string of the molecule is O=C(O)c1ccc2nc(-c3ccc(Cl)cc3)n([C@H](C(=O)NC3CCCCC3)C3CCCCC3)c2c1. The van der Waals surface area contributed by atoms with Crippen molar-refractivity contribution in [2.75, 3.05) is 0 Å². The van der Waals surface area contributed by atoms with Gasteiger partial charge in [-0.05, 0) is 74.1 Å². The van der Waals surface area contributed by atoms with Crippen LogP contribution >= 0.6 is 11.6 Å². The number of carboxylic acid groups (broad SMARTS) is 1. The van der Waals surface area contributed by atoms with Gasteiger partial charge in [0.15, 0.2) is 0 Å². The fourth-order valence-corrected chi connectivity index (χ4v) is 5.96. The van der Waals surface area contributed by atoms with Crippen LogP contribution in [0.1, 0.15) is 80.6 Å². The van der Waals surface area contributed by atoms with Crippen LogP contribution in [0.15, 0.2) is 42.5 Å². The van der Waals surface area contributed by atoms with Crippen LogP contribution in [0.4, 0.5) is 0 Å². The quantitative estimate of drug-likeness (QED) is 0.404. The minimum Gasteiger partial charge on any atom is -0.478 e. The monoisotopic (exact) mass is 493 g/mol. The van der Waals surface area contributed by atoms with Gasteiger partial charge in [-0.2, -0.15) is 0 Å². The average Bonchev–Trinajstić information content (AvgIpc) is 3.24. The standard InChI is InChI=1S/C28H32ClN3O3/c29-21-14-11-19(12-15-21)26-31-23-16-13-20(28(34)35)17-24(23)32(26)25(18-7-3-1-4-8-18)27(33)30-22-9-5-2-6-10-22/h11-18,22,25H,1-10H2,(H,30,33)(H,34,35)/t25-/m0/s1. The number of nitrogens with zero attached hydrogens (tertiary/aromatic N) is 2. The molecule has 2 aromatic carbocycles. The number of fused-ring (bicyclic) bond motifs is 1. The van der Waals surface area contributed by atoms with Crippen molar-refractivity contribution in [1.29, 1.82) is 0 Å². The third-order valence-corrected chi connectivity index (χ3v) is 7.89. The van der Waals surface area contributed by atoms with E-state index in [0.29, 0.717) is 21.9 Å². The number of hydrogen-bond donors (Lipinski definition) is 2. The largest absolute Gasteiger partial charge is 0.478 e. The fraction of sp³-hybridized carbons (Fsp3) is 0.464. The normalized spacial score (nSPS) is 18.4. The summed E-state index contributed by atoms with van der Waals surface area (Å²) < 4.78 is 2.01. The van der Waals surface area contributed by atoms with Crippen LogP contribution in [0.5, 0.6) is 0 Å². The molecule has 0 spiro atoms. The Bertz CT molecular complexity index is 1210. The van der Waals surface area contributed by atoms with Crippen molar-refractivity contribution in [2.24, 2.45) is 5.92 Å². The van der Waals surface area contributed by atoms with Crippen LogP contribution in [0.3, 0.4) is 0 Å².